The molecular weight excluding hydrogens is 274 g/mol. The summed E-state index contributed by atoms with van der Waals surface area (Å²) in [6.45, 7) is 3.69. The van der Waals surface area contributed by atoms with E-state index in [2.05, 4.69) is 0 Å². The highest BCUT2D eigenvalue weighted by Crippen LogP contribution is 2.16. The van der Waals surface area contributed by atoms with Gasteiger partial charge < -0.3 is 9.69 Å². The summed E-state index contributed by atoms with van der Waals surface area (Å²) in [6, 6.07) is 8.03. The second-order valence-corrected chi connectivity index (χ2v) is 6.11. The second kappa shape index (κ2) is 10.1. The standard InChI is InChI=1S/C19H29NO2/c1-16-12-14-18(15-13-16)20(3)19(22)11-9-7-5-4-6-8-10-17(2)21/h12-15H,4-11H2,1-3H3. The lowest BCUT2D eigenvalue weighted by molar-refractivity contribution is -0.118. The summed E-state index contributed by atoms with van der Waals surface area (Å²) in [5.41, 5.74) is 2.16. The second-order valence-electron chi connectivity index (χ2n) is 6.11. The third kappa shape index (κ3) is 7.39. The van der Waals surface area contributed by atoms with Gasteiger partial charge in [0.25, 0.3) is 0 Å². The zero-order valence-corrected chi connectivity index (χ0v) is 14.2. The summed E-state index contributed by atoms with van der Waals surface area (Å²) >= 11 is 0. The van der Waals surface area contributed by atoms with Crippen molar-refractivity contribution in [2.45, 2.75) is 65.2 Å². The molecule has 0 aromatic heterocycles. The molecule has 1 rings (SSSR count). The number of Topliss-reactive ketones (excluding diaryl/α,β-unsaturated/α-hetero) is 1. The van der Waals surface area contributed by atoms with E-state index >= 15 is 0 Å². The zero-order valence-electron chi connectivity index (χ0n) is 14.2. The number of carbonyl (C=O) groups is 2. The van der Waals surface area contributed by atoms with Crippen molar-refractivity contribution in [2.24, 2.45) is 0 Å². The molecule has 0 radical (unpaired) electrons. The smallest absolute Gasteiger partial charge is 0.226 e. The predicted molar refractivity (Wildman–Crippen MR) is 92.2 cm³/mol. The molecule has 22 heavy (non-hydrogen) atoms. The van der Waals surface area contributed by atoms with Crippen LogP contribution in [0.1, 0.15) is 63.9 Å². The van der Waals surface area contributed by atoms with Crippen LogP contribution in [0.25, 0.3) is 0 Å². The molecule has 0 fully saturated rings. The topological polar surface area (TPSA) is 37.4 Å². The van der Waals surface area contributed by atoms with Crippen molar-refractivity contribution >= 4 is 17.4 Å². The molecule has 0 unspecified atom stereocenters. The first-order valence-electron chi connectivity index (χ1n) is 8.33. The molecule has 0 aliphatic carbocycles. The molecule has 0 heterocycles. The number of carbonyl (C=O) groups excluding carboxylic acids is 2. The van der Waals surface area contributed by atoms with Crippen molar-refractivity contribution < 1.29 is 9.59 Å². The van der Waals surface area contributed by atoms with Gasteiger partial charge in [0.2, 0.25) is 5.91 Å². The SMILES string of the molecule is CC(=O)CCCCCCCCC(=O)N(C)c1ccc(C)cc1. The first kappa shape index (κ1) is 18.4. The average molecular weight is 303 g/mol. The Morgan fingerprint density at radius 3 is 1.91 bits per heavy atom. The molecule has 0 atom stereocenters. The Hall–Kier alpha value is -1.64. The first-order valence-corrected chi connectivity index (χ1v) is 8.33. The number of hydrogen-bond donors (Lipinski definition) is 0. The summed E-state index contributed by atoms with van der Waals surface area (Å²) in [5.74, 6) is 0.463. The Balaban J connectivity index is 2.12. The van der Waals surface area contributed by atoms with Crippen LogP contribution in [0.4, 0.5) is 5.69 Å². The van der Waals surface area contributed by atoms with E-state index in [1.165, 1.54) is 5.56 Å². The Bertz CT molecular complexity index is 465. The van der Waals surface area contributed by atoms with Gasteiger partial charge in [-0.1, -0.05) is 43.4 Å². The minimum Gasteiger partial charge on any atom is -0.316 e. The molecule has 1 aromatic rings. The van der Waals surface area contributed by atoms with Crippen LogP contribution in [0.15, 0.2) is 24.3 Å². The van der Waals surface area contributed by atoms with E-state index in [1.54, 1.807) is 11.8 Å². The maximum atomic E-state index is 12.1. The van der Waals surface area contributed by atoms with Crippen LogP contribution in [-0.4, -0.2) is 18.7 Å². The number of nitrogens with zero attached hydrogens (tertiary/aromatic N) is 1. The largest absolute Gasteiger partial charge is 0.316 e. The molecule has 3 nitrogen and oxygen atoms in total. The van der Waals surface area contributed by atoms with Crippen molar-refractivity contribution in [1.82, 2.24) is 0 Å². The van der Waals surface area contributed by atoms with Crippen molar-refractivity contribution in [3.63, 3.8) is 0 Å². The lowest BCUT2D eigenvalue weighted by Crippen LogP contribution is -2.25. The maximum absolute atomic E-state index is 12.1. The van der Waals surface area contributed by atoms with Crippen LogP contribution >= 0.6 is 0 Å². The van der Waals surface area contributed by atoms with Crippen LogP contribution in [-0.2, 0) is 9.59 Å². The van der Waals surface area contributed by atoms with Crippen LogP contribution in [0, 0.1) is 6.92 Å². The molecule has 3 heteroatoms. The summed E-state index contributed by atoms with van der Waals surface area (Å²) in [6.07, 6.45) is 7.79. The molecule has 1 aromatic carbocycles. The van der Waals surface area contributed by atoms with Gasteiger partial charge in [0, 0.05) is 25.6 Å². The van der Waals surface area contributed by atoms with Gasteiger partial charge in [0.1, 0.15) is 5.78 Å². The number of benzene rings is 1. The summed E-state index contributed by atoms with van der Waals surface area (Å²) < 4.78 is 0. The average Bonchev–Trinajstić information content (AvgIpc) is 2.49. The molecule has 0 bridgehead atoms. The number of rotatable bonds is 10. The Morgan fingerprint density at radius 2 is 1.36 bits per heavy atom. The van der Waals surface area contributed by atoms with Crippen molar-refractivity contribution in [2.75, 3.05) is 11.9 Å². The number of amides is 1. The fraction of sp³-hybridized carbons (Fsp3) is 0.579. The van der Waals surface area contributed by atoms with E-state index in [0.717, 1.165) is 44.2 Å². The van der Waals surface area contributed by atoms with Gasteiger partial charge in [0.15, 0.2) is 0 Å². The fourth-order valence-electron chi connectivity index (χ4n) is 2.44. The Kier molecular flexibility index (Phi) is 8.49. The van der Waals surface area contributed by atoms with Gasteiger partial charge in [-0.05, 0) is 38.8 Å². The van der Waals surface area contributed by atoms with Gasteiger partial charge in [0.05, 0.1) is 0 Å². The molecule has 1 amide bonds. The summed E-state index contributed by atoms with van der Waals surface area (Å²) in [4.78, 5) is 24.7. The minimum absolute atomic E-state index is 0.181. The molecule has 0 aliphatic heterocycles. The lowest BCUT2D eigenvalue weighted by atomic mass is 10.1. The van der Waals surface area contributed by atoms with E-state index in [1.807, 2.05) is 38.2 Å². The summed E-state index contributed by atoms with van der Waals surface area (Å²) in [5, 5.41) is 0. The predicted octanol–water partition coefficient (Wildman–Crippen LogP) is 4.67. The highest BCUT2D eigenvalue weighted by Gasteiger charge is 2.09. The van der Waals surface area contributed by atoms with Crippen LogP contribution < -0.4 is 4.90 Å². The molecule has 0 spiro atoms. The van der Waals surface area contributed by atoms with E-state index in [9.17, 15) is 9.59 Å². The van der Waals surface area contributed by atoms with Crippen molar-refractivity contribution in [3.05, 3.63) is 29.8 Å². The normalized spacial score (nSPS) is 10.5. The highest BCUT2D eigenvalue weighted by molar-refractivity contribution is 5.92. The van der Waals surface area contributed by atoms with Gasteiger partial charge in [-0.25, -0.2) is 0 Å². The highest BCUT2D eigenvalue weighted by atomic mass is 16.2. The Morgan fingerprint density at radius 1 is 0.864 bits per heavy atom. The number of ketones is 1. The number of anilines is 1. The van der Waals surface area contributed by atoms with E-state index < -0.39 is 0 Å². The minimum atomic E-state index is 0.181. The van der Waals surface area contributed by atoms with Gasteiger partial charge in [-0.15, -0.1) is 0 Å². The van der Waals surface area contributed by atoms with Crippen molar-refractivity contribution in [3.8, 4) is 0 Å². The Labute approximate surface area is 134 Å². The number of aryl methyl sites for hydroxylation is 1. The molecule has 0 N–H and O–H groups in total. The molecule has 0 aliphatic rings. The molecule has 122 valence electrons. The maximum Gasteiger partial charge on any atom is 0.226 e. The number of hydrogen-bond acceptors (Lipinski definition) is 2. The van der Waals surface area contributed by atoms with E-state index in [0.29, 0.717) is 12.8 Å². The van der Waals surface area contributed by atoms with Gasteiger partial charge in [-0.2, -0.15) is 0 Å². The molecule has 0 saturated carbocycles. The van der Waals surface area contributed by atoms with Crippen molar-refractivity contribution in [1.29, 1.82) is 0 Å². The summed E-state index contributed by atoms with van der Waals surface area (Å²) in [7, 11) is 1.84. The molecular formula is C19H29NO2. The van der Waals surface area contributed by atoms with Gasteiger partial charge >= 0.3 is 0 Å². The third-order valence-corrected chi connectivity index (χ3v) is 3.96. The number of unbranched alkanes of at least 4 members (excludes halogenated alkanes) is 5. The monoisotopic (exact) mass is 303 g/mol. The van der Waals surface area contributed by atoms with E-state index in [4.69, 9.17) is 0 Å². The lowest BCUT2D eigenvalue weighted by Gasteiger charge is -2.17. The van der Waals surface area contributed by atoms with Gasteiger partial charge in [-0.3, -0.25) is 4.79 Å². The van der Waals surface area contributed by atoms with Crippen LogP contribution in [0.3, 0.4) is 0 Å². The quantitative estimate of drug-likeness (QED) is 0.589. The fourth-order valence-corrected chi connectivity index (χ4v) is 2.44. The van der Waals surface area contributed by atoms with Crippen LogP contribution in [0.5, 0.6) is 0 Å². The first-order chi connectivity index (χ1) is 10.5. The molecule has 0 saturated heterocycles. The van der Waals surface area contributed by atoms with E-state index in [-0.39, 0.29) is 11.7 Å². The van der Waals surface area contributed by atoms with Crippen LogP contribution in [0.2, 0.25) is 0 Å². The third-order valence-electron chi connectivity index (χ3n) is 3.96. The zero-order chi connectivity index (χ0) is 16.4.